The lowest BCUT2D eigenvalue weighted by Crippen LogP contribution is -2.19. The molecule has 0 saturated heterocycles. The van der Waals surface area contributed by atoms with Crippen LogP contribution in [0.3, 0.4) is 0 Å². The lowest BCUT2D eigenvalue weighted by atomic mass is 10.1. The Morgan fingerprint density at radius 2 is 2.20 bits per heavy atom. The molecule has 1 heterocycles. The quantitative estimate of drug-likeness (QED) is 0.816. The zero-order valence-electron chi connectivity index (χ0n) is 10.7. The summed E-state index contributed by atoms with van der Waals surface area (Å²) in [6, 6.07) is 7.13. The van der Waals surface area contributed by atoms with E-state index in [1.54, 1.807) is 24.4 Å². The number of hydrogen-bond donors (Lipinski definition) is 2. The van der Waals surface area contributed by atoms with Crippen LogP contribution in [0.25, 0.3) is 0 Å². The Hall–Kier alpha value is -2.70. The number of hydrogen-bond acceptors (Lipinski definition) is 4. The number of amides is 1. The molecule has 7 heteroatoms. The second-order valence-corrected chi connectivity index (χ2v) is 4.24. The van der Waals surface area contributed by atoms with Gasteiger partial charge in [-0.2, -0.15) is 0 Å². The summed E-state index contributed by atoms with van der Waals surface area (Å²) >= 11 is 0. The van der Waals surface area contributed by atoms with Gasteiger partial charge < -0.3 is 10.4 Å². The van der Waals surface area contributed by atoms with E-state index in [9.17, 15) is 9.59 Å². The van der Waals surface area contributed by atoms with Crippen LogP contribution in [-0.2, 0) is 22.6 Å². The number of rotatable bonds is 6. The molecule has 0 aliphatic heterocycles. The molecule has 2 N–H and O–H groups in total. The fourth-order valence-corrected chi connectivity index (χ4v) is 1.72. The van der Waals surface area contributed by atoms with E-state index in [0.717, 1.165) is 5.56 Å². The molecule has 0 spiro atoms. The van der Waals surface area contributed by atoms with Crippen molar-refractivity contribution in [2.75, 3.05) is 5.32 Å². The molecular formula is C13H14N4O3. The van der Waals surface area contributed by atoms with Crippen molar-refractivity contribution in [3.63, 3.8) is 0 Å². The third-order valence-corrected chi connectivity index (χ3v) is 2.62. The fraction of sp³-hybridized carbons (Fsp3) is 0.231. The monoisotopic (exact) mass is 274 g/mol. The maximum atomic E-state index is 11.8. The Kier molecular flexibility index (Phi) is 4.43. The van der Waals surface area contributed by atoms with Gasteiger partial charge in [-0.25, -0.2) is 4.68 Å². The van der Waals surface area contributed by atoms with E-state index in [2.05, 4.69) is 15.6 Å². The van der Waals surface area contributed by atoms with Crippen LogP contribution in [0.1, 0.15) is 12.0 Å². The topological polar surface area (TPSA) is 97.1 Å². The average Bonchev–Trinajstić information content (AvgIpc) is 2.89. The van der Waals surface area contributed by atoms with Gasteiger partial charge in [0, 0.05) is 18.3 Å². The Bertz CT molecular complexity index is 595. The van der Waals surface area contributed by atoms with Crippen LogP contribution in [0.2, 0.25) is 0 Å². The van der Waals surface area contributed by atoms with Gasteiger partial charge in [0.05, 0.1) is 6.20 Å². The van der Waals surface area contributed by atoms with Crippen LogP contribution < -0.4 is 5.32 Å². The van der Waals surface area contributed by atoms with Crippen molar-refractivity contribution in [2.24, 2.45) is 0 Å². The smallest absolute Gasteiger partial charge is 0.303 e. The van der Waals surface area contributed by atoms with Crippen molar-refractivity contribution >= 4 is 17.6 Å². The first-order chi connectivity index (χ1) is 9.63. The van der Waals surface area contributed by atoms with Crippen LogP contribution in [0.5, 0.6) is 0 Å². The second-order valence-electron chi connectivity index (χ2n) is 4.24. The highest BCUT2D eigenvalue weighted by atomic mass is 16.4. The van der Waals surface area contributed by atoms with Gasteiger partial charge in [0.25, 0.3) is 0 Å². The molecule has 0 bridgehead atoms. The first kappa shape index (κ1) is 13.7. The standard InChI is InChI=1S/C13H14N4O3/c18-12(9-17-7-6-14-16-17)15-11-3-1-2-10(8-11)4-5-13(19)20/h1-3,6-8H,4-5,9H2,(H,15,18)(H,19,20). The number of benzene rings is 1. The zero-order chi connectivity index (χ0) is 14.4. The summed E-state index contributed by atoms with van der Waals surface area (Å²) in [5.74, 6) is -1.06. The van der Waals surface area contributed by atoms with E-state index in [0.29, 0.717) is 12.1 Å². The summed E-state index contributed by atoms with van der Waals surface area (Å²) in [7, 11) is 0. The molecule has 1 aromatic carbocycles. The van der Waals surface area contributed by atoms with E-state index < -0.39 is 5.97 Å². The Morgan fingerprint density at radius 1 is 1.35 bits per heavy atom. The third-order valence-electron chi connectivity index (χ3n) is 2.62. The molecule has 1 amide bonds. The summed E-state index contributed by atoms with van der Waals surface area (Å²) in [6.45, 7) is 0.0827. The molecule has 0 saturated carbocycles. The first-order valence-corrected chi connectivity index (χ1v) is 6.08. The fourth-order valence-electron chi connectivity index (χ4n) is 1.72. The highest BCUT2D eigenvalue weighted by Crippen LogP contribution is 2.12. The van der Waals surface area contributed by atoms with Gasteiger partial charge in [-0.05, 0) is 24.1 Å². The predicted octanol–water partition coefficient (Wildman–Crippen LogP) is 0.934. The number of nitrogens with one attached hydrogen (secondary N) is 1. The normalized spacial score (nSPS) is 10.2. The molecular weight excluding hydrogens is 260 g/mol. The van der Waals surface area contributed by atoms with Gasteiger partial charge in [-0.1, -0.05) is 17.3 Å². The molecule has 2 aromatic rings. The maximum Gasteiger partial charge on any atom is 0.303 e. The van der Waals surface area contributed by atoms with E-state index in [1.807, 2.05) is 6.07 Å². The number of carboxylic acids is 1. The number of aromatic nitrogens is 3. The Morgan fingerprint density at radius 3 is 2.90 bits per heavy atom. The highest BCUT2D eigenvalue weighted by Gasteiger charge is 2.05. The Labute approximate surface area is 115 Å². The number of anilines is 1. The summed E-state index contributed by atoms with van der Waals surface area (Å²) in [5.41, 5.74) is 1.50. The summed E-state index contributed by atoms with van der Waals surface area (Å²) < 4.78 is 1.42. The molecule has 20 heavy (non-hydrogen) atoms. The number of nitrogens with zero attached hydrogens (tertiary/aromatic N) is 3. The van der Waals surface area contributed by atoms with Gasteiger partial charge in [0.15, 0.2) is 0 Å². The molecule has 0 unspecified atom stereocenters. The van der Waals surface area contributed by atoms with Crippen LogP contribution >= 0.6 is 0 Å². The van der Waals surface area contributed by atoms with Crippen molar-refractivity contribution in [1.82, 2.24) is 15.0 Å². The minimum atomic E-state index is -0.842. The molecule has 0 radical (unpaired) electrons. The average molecular weight is 274 g/mol. The van der Waals surface area contributed by atoms with Gasteiger partial charge in [-0.3, -0.25) is 9.59 Å². The lowest BCUT2D eigenvalue weighted by Gasteiger charge is -2.07. The number of carboxylic acid groups (broad SMARTS) is 1. The molecule has 1 aromatic heterocycles. The van der Waals surface area contributed by atoms with E-state index in [-0.39, 0.29) is 18.9 Å². The van der Waals surface area contributed by atoms with Crippen LogP contribution in [0.15, 0.2) is 36.7 Å². The minimum Gasteiger partial charge on any atom is -0.481 e. The molecule has 0 atom stereocenters. The first-order valence-electron chi connectivity index (χ1n) is 6.08. The van der Waals surface area contributed by atoms with Crippen LogP contribution in [0.4, 0.5) is 5.69 Å². The van der Waals surface area contributed by atoms with Crippen molar-refractivity contribution in [2.45, 2.75) is 19.4 Å². The largest absolute Gasteiger partial charge is 0.481 e. The molecule has 7 nitrogen and oxygen atoms in total. The molecule has 0 fully saturated rings. The van der Waals surface area contributed by atoms with Gasteiger partial charge in [0.1, 0.15) is 6.54 Å². The van der Waals surface area contributed by atoms with E-state index >= 15 is 0 Å². The van der Waals surface area contributed by atoms with Gasteiger partial charge in [0.2, 0.25) is 5.91 Å². The zero-order valence-corrected chi connectivity index (χ0v) is 10.7. The lowest BCUT2D eigenvalue weighted by molar-refractivity contribution is -0.137. The maximum absolute atomic E-state index is 11.8. The molecule has 0 aliphatic carbocycles. The van der Waals surface area contributed by atoms with Crippen LogP contribution in [-0.4, -0.2) is 32.0 Å². The van der Waals surface area contributed by atoms with E-state index in [4.69, 9.17) is 5.11 Å². The second kappa shape index (κ2) is 6.46. The Balaban J connectivity index is 1.93. The summed E-state index contributed by atoms with van der Waals surface area (Å²) in [4.78, 5) is 22.3. The van der Waals surface area contributed by atoms with E-state index in [1.165, 1.54) is 10.9 Å². The van der Waals surface area contributed by atoms with Crippen LogP contribution in [0, 0.1) is 0 Å². The van der Waals surface area contributed by atoms with Gasteiger partial charge >= 0.3 is 5.97 Å². The minimum absolute atomic E-state index is 0.0658. The van der Waals surface area contributed by atoms with Crippen molar-refractivity contribution in [3.8, 4) is 0 Å². The summed E-state index contributed by atoms with van der Waals surface area (Å²) in [5, 5.41) is 18.7. The van der Waals surface area contributed by atoms with Crippen molar-refractivity contribution in [3.05, 3.63) is 42.2 Å². The van der Waals surface area contributed by atoms with Crippen molar-refractivity contribution in [1.29, 1.82) is 0 Å². The summed E-state index contributed by atoms with van der Waals surface area (Å²) in [6.07, 6.45) is 3.60. The van der Waals surface area contributed by atoms with Gasteiger partial charge in [-0.15, -0.1) is 5.10 Å². The highest BCUT2D eigenvalue weighted by molar-refractivity contribution is 5.90. The number of aryl methyl sites for hydroxylation is 1. The number of carbonyl (C=O) groups excluding carboxylic acids is 1. The van der Waals surface area contributed by atoms with Crippen molar-refractivity contribution < 1.29 is 14.7 Å². The number of carbonyl (C=O) groups is 2. The third kappa shape index (κ3) is 4.20. The molecule has 104 valence electrons. The SMILES string of the molecule is O=C(O)CCc1cccc(NC(=O)Cn2ccnn2)c1. The molecule has 2 rings (SSSR count). The molecule has 0 aliphatic rings. The predicted molar refractivity (Wildman–Crippen MR) is 71.1 cm³/mol. The number of aliphatic carboxylic acids is 1.